The van der Waals surface area contributed by atoms with Crippen LogP contribution in [0.4, 0.5) is 0 Å². The number of carboxylic acid groups (broad SMARTS) is 2. The van der Waals surface area contributed by atoms with Crippen LogP contribution in [-0.2, 0) is 9.59 Å². The van der Waals surface area contributed by atoms with Gasteiger partial charge in [-0.15, -0.1) is 0 Å². The summed E-state index contributed by atoms with van der Waals surface area (Å²) in [6, 6.07) is 8.01. The summed E-state index contributed by atoms with van der Waals surface area (Å²) in [5.74, 6) is -3.14. The molecule has 2 heterocycles. The minimum atomic E-state index is -1.90. The summed E-state index contributed by atoms with van der Waals surface area (Å²) in [5.41, 5.74) is 2.34. The molecule has 2 rings (SSSR count). The second kappa shape index (κ2) is 9.80. The van der Waals surface area contributed by atoms with Crippen LogP contribution < -0.4 is 10.1 Å². The summed E-state index contributed by atoms with van der Waals surface area (Å²) in [4.78, 5) is 26.2. The fraction of sp³-hybridized carbons (Fsp3) is 0.125. The normalized spacial score (nSPS) is 11.3. The van der Waals surface area contributed by atoms with Crippen LogP contribution in [0.25, 0.3) is 12.2 Å². The third kappa shape index (κ3) is 8.08. The van der Waals surface area contributed by atoms with E-state index in [0.29, 0.717) is 0 Å². The van der Waals surface area contributed by atoms with Crippen molar-refractivity contribution in [1.29, 1.82) is 0 Å². The van der Waals surface area contributed by atoms with Crippen LogP contribution in [0.2, 0.25) is 0 Å². The highest BCUT2D eigenvalue weighted by molar-refractivity contribution is 5.77. The maximum absolute atomic E-state index is 9.66. The van der Waals surface area contributed by atoms with E-state index in [4.69, 9.17) is 10.2 Å². The molecule has 1 atom stereocenters. The SMILES string of the molecule is C(=C\c1cc[nH+]cc1)/c1ccncc1.O=C(O)C[C@H](O)C(=O)[O-]. The van der Waals surface area contributed by atoms with Crippen molar-refractivity contribution in [3.05, 3.63) is 60.2 Å². The van der Waals surface area contributed by atoms with Gasteiger partial charge in [0, 0.05) is 24.5 Å². The van der Waals surface area contributed by atoms with Crippen molar-refractivity contribution in [1.82, 2.24) is 4.98 Å². The number of aliphatic hydroxyl groups is 1. The number of aliphatic carboxylic acids is 2. The number of carboxylic acids is 2. The number of nitrogens with zero attached hydrogens (tertiary/aromatic N) is 1. The lowest BCUT2D eigenvalue weighted by molar-refractivity contribution is -0.378. The number of aromatic amines is 1. The summed E-state index contributed by atoms with van der Waals surface area (Å²) < 4.78 is 0. The summed E-state index contributed by atoms with van der Waals surface area (Å²) in [7, 11) is 0. The average Bonchev–Trinajstić information content (AvgIpc) is 2.55. The zero-order valence-corrected chi connectivity index (χ0v) is 12.1. The fourth-order valence-corrected chi connectivity index (χ4v) is 1.43. The smallest absolute Gasteiger partial charge is 0.306 e. The van der Waals surface area contributed by atoms with Crippen LogP contribution in [0.3, 0.4) is 0 Å². The Morgan fingerprint density at radius 2 is 1.65 bits per heavy atom. The lowest BCUT2D eigenvalue weighted by Crippen LogP contribution is -2.36. The maximum Gasteiger partial charge on any atom is 0.306 e. The van der Waals surface area contributed by atoms with Crippen molar-refractivity contribution in [3.8, 4) is 0 Å². The van der Waals surface area contributed by atoms with E-state index in [2.05, 4.69) is 22.1 Å². The summed E-state index contributed by atoms with van der Waals surface area (Å²) >= 11 is 0. The molecule has 0 spiro atoms. The number of carbonyl (C=O) groups excluding carboxylic acids is 1. The molecule has 0 aliphatic heterocycles. The Bertz CT molecular complexity index is 603. The molecule has 0 saturated carbocycles. The highest BCUT2D eigenvalue weighted by atomic mass is 16.4. The number of rotatable bonds is 5. The maximum atomic E-state index is 9.66. The molecule has 0 amide bonds. The molecule has 0 aliphatic rings. The molecule has 0 fully saturated rings. The van der Waals surface area contributed by atoms with Crippen LogP contribution in [0, 0.1) is 0 Å². The highest BCUT2D eigenvalue weighted by Crippen LogP contribution is 2.04. The van der Waals surface area contributed by atoms with Crippen molar-refractivity contribution in [3.63, 3.8) is 0 Å². The molecule has 2 aromatic heterocycles. The topological polar surface area (TPSA) is 125 Å². The lowest BCUT2D eigenvalue weighted by atomic mass is 10.2. The summed E-state index contributed by atoms with van der Waals surface area (Å²) in [6.07, 6.45) is 8.82. The molecule has 7 nitrogen and oxygen atoms in total. The predicted octanol–water partition coefficient (Wildman–Crippen LogP) is -0.362. The van der Waals surface area contributed by atoms with Crippen LogP contribution in [0.15, 0.2) is 49.1 Å². The first kappa shape index (κ1) is 18.0. The Morgan fingerprint density at radius 3 is 2.09 bits per heavy atom. The second-order valence-corrected chi connectivity index (χ2v) is 4.38. The molecule has 7 heteroatoms. The Kier molecular flexibility index (Phi) is 7.67. The number of H-pyrrole nitrogens is 1. The number of hydrogen-bond donors (Lipinski definition) is 2. The zero-order chi connectivity index (χ0) is 17.1. The molecule has 0 radical (unpaired) electrons. The molecule has 0 bridgehead atoms. The lowest BCUT2D eigenvalue weighted by Gasteiger charge is -2.06. The monoisotopic (exact) mass is 316 g/mol. The average molecular weight is 316 g/mol. The molecule has 23 heavy (non-hydrogen) atoms. The van der Waals surface area contributed by atoms with Gasteiger partial charge < -0.3 is 20.1 Å². The van der Waals surface area contributed by atoms with E-state index in [1.807, 2.05) is 36.7 Å². The number of aliphatic hydroxyl groups excluding tert-OH is 1. The van der Waals surface area contributed by atoms with Gasteiger partial charge in [-0.2, -0.15) is 0 Å². The van der Waals surface area contributed by atoms with Gasteiger partial charge >= 0.3 is 5.97 Å². The van der Waals surface area contributed by atoms with Crippen LogP contribution in [0.5, 0.6) is 0 Å². The molecule has 120 valence electrons. The molecule has 0 aliphatic carbocycles. The van der Waals surface area contributed by atoms with E-state index in [1.165, 1.54) is 5.56 Å². The molecular weight excluding hydrogens is 300 g/mol. The first-order valence-corrected chi connectivity index (χ1v) is 6.64. The Labute approximate surface area is 132 Å². The number of pyridine rings is 2. The van der Waals surface area contributed by atoms with Gasteiger partial charge in [-0.05, 0) is 23.3 Å². The van der Waals surface area contributed by atoms with E-state index < -0.39 is 24.5 Å². The van der Waals surface area contributed by atoms with Gasteiger partial charge in [0.2, 0.25) is 0 Å². The van der Waals surface area contributed by atoms with Gasteiger partial charge in [0.15, 0.2) is 12.4 Å². The van der Waals surface area contributed by atoms with Gasteiger partial charge in [0.1, 0.15) is 6.10 Å². The zero-order valence-electron chi connectivity index (χ0n) is 12.1. The highest BCUT2D eigenvalue weighted by Gasteiger charge is 2.08. The molecule has 3 N–H and O–H groups in total. The van der Waals surface area contributed by atoms with Crippen molar-refractivity contribution in [2.75, 3.05) is 0 Å². The number of aromatic nitrogens is 2. The standard InChI is InChI=1S/C12H10N2.C4H6O5/c1(11-3-7-13-8-4-11)2-12-5-9-14-10-6-12;5-2(4(8)9)1-3(6)7/h1-10H;2,5H,1H2,(H,6,7)(H,8,9)/b2-1+;/t;2-/m.0/s1. The molecule has 0 unspecified atom stereocenters. The van der Waals surface area contributed by atoms with Crippen LogP contribution in [-0.4, -0.2) is 33.2 Å². The van der Waals surface area contributed by atoms with E-state index in [-0.39, 0.29) is 0 Å². The van der Waals surface area contributed by atoms with Crippen molar-refractivity contribution in [2.45, 2.75) is 12.5 Å². The number of carbonyl (C=O) groups is 2. The molecule has 0 saturated heterocycles. The van der Waals surface area contributed by atoms with Gasteiger partial charge in [0.05, 0.1) is 12.4 Å². The first-order chi connectivity index (χ1) is 11.0. The Hall–Kier alpha value is -3.06. The first-order valence-electron chi connectivity index (χ1n) is 6.64. The van der Waals surface area contributed by atoms with E-state index in [1.54, 1.807) is 12.4 Å². The summed E-state index contributed by atoms with van der Waals surface area (Å²) in [5, 5.41) is 25.7. The van der Waals surface area contributed by atoms with Crippen LogP contribution in [0.1, 0.15) is 17.5 Å². The minimum Gasteiger partial charge on any atom is -0.547 e. The largest absolute Gasteiger partial charge is 0.547 e. The Balaban J connectivity index is 0.000000257. The molecule has 2 aromatic rings. The quantitative estimate of drug-likeness (QED) is 0.776. The predicted molar refractivity (Wildman–Crippen MR) is 79.4 cm³/mol. The third-order valence-electron chi connectivity index (χ3n) is 2.56. The van der Waals surface area contributed by atoms with Crippen LogP contribution >= 0.6 is 0 Å². The minimum absolute atomic E-state index is 0.817. The van der Waals surface area contributed by atoms with E-state index in [0.717, 1.165) is 5.56 Å². The molecule has 0 aromatic carbocycles. The van der Waals surface area contributed by atoms with Gasteiger partial charge in [0.25, 0.3) is 0 Å². The van der Waals surface area contributed by atoms with Crippen molar-refractivity contribution >= 4 is 24.1 Å². The number of hydrogen-bond acceptors (Lipinski definition) is 5. The van der Waals surface area contributed by atoms with E-state index >= 15 is 0 Å². The Morgan fingerprint density at radius 1 is 1.13 bits per heavy atom. The van der Waals surface area contributed by atoms with E-state index in [9.17, 15) is 14.7 Å². The van der Waals surface area contributed by atoms with Crippen molar-refractivity contribution in [2.24, 2.45) is 0 Å². The third-order valence-corrected chi connectivity index (χ3v) is 2.56. The fourth-order valence-electron chi connectivity index (χ4n) is 1.43. The van der Waals surface area contributed by atoms with Gasteiger partial charge in [-0.1, -0.05) is 12.2 Å². The summed E-state index contributed by atoms with van der Waals surface area (Å²) in [6.45, 7) is 0. The number of nitrogens with one attached hydrogen (secondary N) is 1. The second-order valence-electron chi connectivity index (χ2n) is 4.38. The van der Waals surface area contributed by atoms with Crippen molar-refractivity contribution < 1.29 is 29.9 Å². The van der Waals surface area contributed by atoms with Gasteiger partial charge in [-0.3, -0.25) is 9.78 Å². The van der Waals surface area contributed by atoms with Gasteiger partial charge in [-0.25, -0.2) is 4.98 Å². The molecular formula is C16H16N2O5.